The molecule has 1 aliphatic carbocycles. The van der Waals surface area contributed by atoms with Gasteiger partial charge in [0.1, 0.15) is 23.1 Å². The van der Waals surface area contributed by atoms with Gasteiger partial charge in [-0.1, -0.05) is 51.3 Å². The monoisotopic (exact) mass is 679 g/mol. The number of fused-ring (bicyclic) bond motifs is 1. The van der Waals surface area contributed by atoms with Crippen molar-refractivity contribution in [3.63, 3.8) is 0 Å². The number of anilines is 1. The van der Waals surface area contributed by atoms with Gasteiger partial charge in [0.05, 0.1) is 29.4 Å². The number of benzene rings is 2. The molecule has 10 heteroatoms. The van der Waals surface area contributed by atoms with Gasteiger partial charge in [0.15, 0.2) is 0 Å². The number of amides is 2. The van der Waals surface area contributed by atoms with Crippen LogP contribution in [0.3, 0.4) is 0 Å². The Labute approximate surface area is 294 Å². The second-order valence-electron chi connectivity index (χ2n) is 15.1. The molecule has 0 bridgehead atoms. The van der Waals surface area contributed by atoms with E-state index >= 15 is 0 Å². The van der Waals surface area contributed by atoms with Crippen molar-refractivity contribution in [2.24, 2.45) is 10.8 Å². The quantitative estimate of drug-likeness (QED) is 0.209. The number of carbonyl (C=O) groups excluding carboxylic acids is 2. The summed E-state index contributed by atoms with van der Waals surface area (Å²) in [7, 11) is 0. The number of halogens is 1. The highest BCUT2D eigenvalue weighted by Crippen LogP contribution is 2.59. The molecule has 3 aliphatic rings. The van der Waals surface area contributed by atoms with Gasteiger partial charge < -0.3 is 24.2 Å². The van der Waals surface area contributed by atoms with Crippen LogP contribution in [0.15, 0.2) is 54.6 Å². The van der Waals surface area contributed by atoms with Crippen LogP contribution in [0.4, 0.5) is 16.2 Å². The van der Waals surface area contributed by atoms with Crippen molar-refractivity contribution >= 4 is 35.0 Å². The topological polar surface area (TPSA) is 79.6 Å². The number of nitrogens with zero attached hydrogens (tertiary/aromatic N) is 5. The Kier molecular flexibility index (Phi) is 8.79. The normalized spacial score (nSPS) is 20.8. The maximum absolute atomic E-state index is 13.7. The molecule has 2 amide bonds. The van der Waals surface area contributed by atoms with Crippen molar-refractivity contribution in [2.75, 3.05) is 31.1 Å². The molecule has 2 fully saturated rings. The molecule has 254 valence electrons. The molecule has 3 aromatic rings. The number of piperazine rings is 1. The van der Waals surface area contributed by atoms with E-state index in [2.05, 4.69) is 61.4 Å². The molecule has 6 rings (SSSR count). The number of hydrogen-bond donors (Lipinski definition) is 0. The van der Waals surface area contributed by atoms with E-state index in [-0.39, 0.29) is 35.0 Å². The third-order valence-electron chi connectivity index (χ3n) is 9.65. The predicted molar refractivity (Wildman–Crippen MR) is 190 cm³/mol. The number of hydrogen-bond acceptors (Lipinski definition) is 6. The first-order chi connectivity index (χ1) is 23.1. The highest BCUT2D eigenvalue weighted by atomic mass is 35.5. The van der Waals surface area contributed by atoms with Crippen LogP contribution in [0.5, 0.6) is 5.75 Å². The van der Waals surface area contributed by atoms with E-state index < -0.39 is 5.60 Å². The van der Waals surface area contributed by atoms with Crippen LogP contribution < -0.4 is 9.64 Å². The second kappa shape index (κ2) is 12.6. The molecule has 0 spiro atoms. The maximum Gasteiger partial charge on any atom is 0.410 e. The molecule has 3 heterocycles. The third-order valence-corrected chi connectivity index (χ3v) is 9.95. The van der Waals surface area contributed by atoms with Gasteiger partial charge in [0.2, 0.25) is 5.69 Å². The Balaban J connectivity index is 1.09. The highest BCUT2D eigenvalue weighted by Gasteiger charge is 2.67. The van der Waals surface area contributed by atoms with Gasteiger partial charge in [0.25, 0.3) is 5.91 Å². The molecule has 2 aliphatic heterocycles. The standard InChI is InChI=1S/C39H42ClN5O4/c1-37(2,3)49-36(47)44-21-19-43(20-22-44)27-14-10-25(11-15-27)9-12-26-13-17-29-32(42-26)24-45(33(29)46)34-38(4,5)35(39(34,6)7)48-28-16-18-31(41-8)30(40)23-28/h10-11,13-18,23,34-35H,19-22,24H2,1-7H3. The number of pyridine rings is 1. The van der Waals surface area contributed by atoms with Crippen molar-refractivity contribution in [1.82, 2.24) is 14.8 Å². The van der Waals surface area contributed by atoms with Crippen molar-refractivity contribution in [2.45, 2.75) is 72.8 Å². The van der Waals surface area contributed by atoms with E-state index in [1.807, 2.05) is 49.9 Å². The lowest BCUT2D eigenvalue weighted by Gasteiger charge is -2.65. The van der Waals surface area contributed by atoms with Crippen molar-refractivity contribution in [3.05, 3.63) is 93.6 Å². The molecule has 0 radical (unpaired) electrons. The smallest absolute Gasteiger partial charge is 0.410 e. The summed E-state index contributed by atoms with van der Waals surface area (Å²) in [6, 6.07) is 16.8. The Morgan fingerprint density at radius 1 is 0.980 bits per heavy atom. The summed E-state index contributed by atoms with van der Waals surface area (Å²) >= 11 is 6.27. The molecule has 49 heavy (non-hydrogen) atoms. The Bertz CT molecular complexity index is 1870. The molecule has 0 atom stereocenters. The van der Waals surface area contributed by atoms with Gasteiger partial charge in [-0.3, -0.25) is 4.79 Å². The maximum atomic E-state index is 13.7. The minimum absolute atomic E-state index is 0.0291. The fourth-order valence-corrected chi connectivity index (χ4v) is 8.06. The van der Waals surface area contributed by atoms with Crippen LogP contribution >= 0.6 is 11.6 Å². The highest BCUT2D eigenvalue weighted by molar-refractivity contribution is 6.33. The van der Waals surface area contributed by atoms with Gasteiger partial charge >= 0.3 is 6.09 Å². The Morgan fingerprint density at radius 3 is 2.27 bits per heavy atom. The summed E-state index contributed by atoms with van der Waals surface area (Å²) in [5, 5.41) is 0.359. The number of ether oxygens (including phenoxy) is 2. The summed E-state index contributed by atoms with van der Waals surface area (Å²) in [6.45, 7) is 24.5. The van der Waals surface area contributed by atoms with Crippen LogP contribution in [0.25, 0.3) is 4.85 Å². The first kappa shape index (κ1) is 34.1. The molecule has 9 nitrogen and oxygen atoms in total. The van der Waals surface area contributed by atoms with E-state index in [0.29, 0.717) is 47.4 Å². The van der Waals surface area contributed by atoms with E-state index in [4.69, 9.17) is 32.6 Å². The van der Waals surface area contributed by atoms with Crippen LogP contribution in [0, 0.1) is 29.2 Å². The lowest BCUT2D eigenvalue weighted by Crippen LogP contribution is -2.74. The lowest BCUT2D eigenvalue weighted by molar-refractivity contribution is -0.199. The van der Waals surface area contributed by atoms with Crippen molar-refractivity contribution in [3.8, 4) is 17.6 Å². The van der Waals surface area contributed by atoms with E-state index in [9.17, 15) is 9.59 Å². The molecular weight excluding hydrogens is 638 g/mol. The molecule has 2 aromatic carbocycles. The predicted octanol–water partition coefficient (Wildman–Crippen LogP) is 7.58. The summed E-state index contributed by atoms with van der Waals surface area (Å²) < 4.78 is 12.0. The summed E-state index contributed by atoms with van der Waals surface area (Å²) in [5.74, 6) is 6.98. The van der Waals surface area contributed by atoms with Crippen LogP contribution in [-0.2, 0) is 11.3 Å². The number of rotatable bonds is 4. The lowest BCUT2D eigenvalue weighted by atomic mass is 9.49. The van der Waals surface area contributed by atoms with Gasteiger partial charge in [-0.15, -0.1) is 0 Å². The van der Waals surface area contributed by atoms with Crippen molar-refractivity contribution in [1.29, 1.82) is 0 Å². The van der Waals surface area contributed by atoms with Crippen LogP contribution in [-0.4, -0.2) is 70.7 Å². The van der Waals surface area contributed by atoms with Gasteiger partial charge in [-0.05, 0) is 75.2 Å². The molecule has 0 N–H and O–H groups in total. The van der Waals surface area contributed by atoms with Crippen LogP contribution in [0.1, 0.15) is 75.8 Å². The third kappa shape index (κ3) is 6.65. The average Bonchev–Trinajstić information content (AvgIpc) is 3.35. The number of aromatic nitrogens is 1. The van der Waals surface area contributed by atoms with Crippen molar-refractivity contribution < 1.29 is 19.1 Å². The van der Waals surface area contributed by atoms with E-state index in [1.165, 1.54) is 0 Å². The minimum Gasteiger partial charge on any atom is -0.489 e. The molecule has 1 aromatic heterocycles. The molecular formula is C39H42ClN5O4. The Morgan fingerprint density at radius 2 is 1.65 bits per heavy atom. The first-order valence-electron chi connectivity index (χ1n) is 16.6. The fraction of sp³-hybridized carbons (Fsp3) is 0.436. The summed E-state index contributed by atoms with van der Waals surface area (Å²) in [5.41, 5.74) is 3.08. The van der Waals surface area contributed by atoms with Gasteiger partial charge in [-0.2, -0.15) is 0 Å². The zero-order valence-electron chi connectivity index (χ0n) is 29.1. The SMILES string of the molecule is [C-]#[N+]c1ccc(OC2C(C)(C)C(N3Cc4nc(C#Cc5ccc(N6CCN(C(=O)OC(C)(C)C)CC6)cc5)ccc4C3=O)C2(C)C)cc1Cl. The molecule has 1 saturated heterocycles. The minimum atomic E-state index is -0.505. The second-order valence-corrected chi connectivity index (χ2v) is 15.6. The zero-order valence-corrected chi connectivity index (χ0v) is 29.9. The molecule has 1 saturated carbocycles. The molecule has 0 unspecified atom stereocenters. The van der Waals surface area contributed by atoms with E-state index in [1.54, 1.807) is 23.1 Å². The van der Waals surface area contributed by atoms with Gasteiger partial charge in [0, 0.05) is 54.3 Å². The zero-order chi connectivity index (χ0) is 35.3. The first-order valence-corrected chi connectivity index (χ1v) is 17.0. The summed E-state index contributed by atoms with van der Waals surface area (Å²) in [6.07, 6.45) is -0.448. The number of carbonyl (C=O) groups is 2. The largest absolute Gasteiger partial charge is 0.489 e. The van der Waals surface area contributed by atoms with E-state index in [0.717, 1.165) is 30.0 Å². The van der Waals surface area contributed by atoms with Crippen LogP contribution in [0.2, 0.25) is 5.02 Å². The summed E-state index contributed by atoms with van der Waals surface area (Å²) in [4.78, 5) is 40.3. The fourth-order valence-electron chi connectivity index (χ4n) is 7.85. The van der Waals surface area contributed by atoms with Gasteiger partial charge in [-0.25, -0.2) is 14.6 Å². The average molecular weight is 680 g/mol. The Hall–Kier alpha value is -4.73.